The normalized spacial score (nSPS) is 17.7. The van der Waals surface area contributed by atoms with Gasteiger partial charge in [-0.05, 0) is 25.2 Å². The molecule has 5 heterocycles. The average Bonchev–Trinajstić information content (AvgIpc) is 3.17. The molecule has 0 radical (unpaired) electrons. The maximum Gasteiger partial charge on any atom is 0.261 e. The Morgan fingerprint density at radius 3 is 2.40 bits per heavy atom. The highest BCUT2D eigenvalue weighted by molar-refractivity contribution is 6.06. The number of pyridine rings is 2. The predicted molar refractivity (Wildman–Crippen MR) is 132 cm³/mol. The van der Waals surface area contributed by atoms with Crippen LogP contribution in [0.25, 0.3) is 27.7 Å². The molecular formula is C25H27FN6O3. The highest BCUT2D eigenvalue weighted by Crippen LogP contribution is 2.29. The third kappa shape index (κ3) is 3.39. The molecule has 3 aromatic heterocycles. The Bertz CT molecular complexity index is 1530. The Balaban J connectivity index is 1.67. The molecule has 1 aromatic carbocycles. The molecule has 0 aliphatic carbocycles. The molecule has 182 valence electrons. The van der Waals surface area contributed by atoms with Crippen LogP contribution in [0.1, 0.15) is 10.4 Å². The number of hydrogen-bond donors (Lipinski definition) is 0. The van der Waals surface area contributed by atoms with E-state index in [1.807, 2.05) is 52.2 Å². The fraction of sp³-hybridized carbons (Fsp3) is 0.400. The largest absolute Gasteiger partial charge is 0.378 e. The number of carbonyl (C=O) groups is 1. The first-order chi connectivity index (χ1) is 17.0. The third-order valence-electron chi connectivity index (χ3n) is 7.17. The molecule has 9 nitrogen and oxygen atoms in total. The quantitative estimate of drug-likeness (QED) is 0.437. The first-order valence-corrected chi connectivity index (χ1v) is 11.9. The third-order valence-corrected chi connectivity index (χ3v) is 7.17. The summed E-state index contributed by atoms with van der Waals surface area (Å²) in [5.74, 6) is -0.708. The molecule has 0 unspecified atom stereocenters. The fourth-order valence-corrected chi connectivity index (χ4v) is 5.21. The van der Waals surface area contributed by atoms with Crippen LogP contribution in [0.3, 0.4) is 0 Å². The van der Waals surface area contributed by atoms with E-state index < -0.39 is 11.2 Å². The SMILES string of the molecule is CN1CCN(C(=O)c2c(=O)c3cc(F)c(N4CCOCC4)nc3n3c4ccccc4n(C)c23)CC1. The Hall–Kier alpha value is -3.50. The molecule has 0 spiro atoms. The number of para-hydroxylation sites is 2. The second kappa shape index (κ2) is 8.31. The van der Waals surface area contributed by atoms with E-state index >= 15 is 4.39 Å². The van der Waals surface area contributed by atoms with Crippen LogP contribution in [-0.2, 0) is 11.8 Å². The number of amides is 1. The molecule has 10 heteroatoms. The van der Waals surface area contributed by atoms with Crippen molar-refractivity contribution in [2.24, 2.45) is 7.05 Å². The number of imidazole rings is 1. The predicted octanol–water partition coefficient (Wildman–Crippen LogP) is 1.70. The molecular weight excluding hydrogens is 451 g/mol. The van der Waals surface area contributed by atoms with Crippen LogP contribution in [0.15, 0.2) is 35.1 Å². The number of rotatable bonds is 2. The number of nitrogens with zero attached hydrogens (tertiary/aromatic N) is 6. The number of morpholine rings is 1. The summed E-state index contributed by atoms with van der Waals surface area (Å²) < 4.78 is 24.4. The van der Waals surface area contributed by atoms with Crippen molar-refractivity contribution >= 4 is 39.4 Å². The fourth-order valence-electron chi connectivity index (χ4n) is 5.21. The summed E-state index contributed by atoms with van der Waals surface area (Å²) >= 11 is 0. The number of fused-ring (bicyclic) bond motifs is 5. The van der Waals surface area contributed by atoms with Gasteiger partial charge in [-0.2, -0.15) is 0 Å². The van der Waals surface area contributed by atoms with Gasteiger partial charge in [0.2, 0.25) is 5.43 Å². The Labute approximate surface area is 200 Å². The Morgan fingerprint density at radius 2 is 1.69 bits per heavy atom. The summed E-state index contributed by atoms with van der Waals surface area (Å²) in [6.45, 7) is 4.54. The molecule has 4 aromatic rings. The zero-order valence-electron chi connectivity index (χ0n) is 19.8. The van der Waals surface area contributed by atoms with Crippen molar-refractivity contribution in [3.05, 3.63) is 51.9 Å². The first kappa shape index (κ1) is 22.0. The minimum atomic E-state index is -0.574. The van der Waals surface area contributed by atoms with Crippen LogP contribution < -0.4 is 10.3 Å². The van der Waals surface area contributed by atoms with Crippen LogP contribution in [-0.4, -0.2) is 89.2 Å². The van der Waals surface area contributed by atoms with E-state index in [2.05, 4.69) is 9.88 Å². The second-order valence-corrected chi connectivity index (χ2v) is 9.27. The molecule has 2 aliphatic rings. The molecule has 2 aliphatic heterocycles. The van der Waals surface area contributed by atoms with Crippen LogP contribution in [0.2, 0.25) is 0 Å². The molecule has 6 rings (SSSR count). The summed E-state index contributed by atoms with van der Waals surface area (Å²) in [5, 5.41) is 0.103. The standard InChI is InChI=1S/C25H27FN6O3/c1-28-7-9-31(10-8-28)25(34)20-21(33)16-15-17(26)23(30-11-13-35-14-12-30)27-22(16)32-19-6-4-3-5-18(19)29(2)24(20)32/h3-6,15H,7-14H2,1-2H3. The summed E-state index contributed by atoms with van der Waals surface area (Å²) in [4.78, 5) is 38.0. The zero-order valence-corrected chi connectivity index (χ0v) is 19.8. The van der Waals surface area contributed by atoms with Crippen LogP contribution in [0, 0.1) is 5.82 Å². The summed E-state index contributed by atoms with van der Waals surface area (Å²) in [6.07, 6.45) is 0. The van der Waals surface area contributed by atoms with E-state index in [-0.39, 0.29) is 22.7 Å². The number of piperazine rings is 1. The molecule has 0 N–H and O–H groups in total. The summed E-state index contributed by atoms with van der Waals surface area (Å²) in [6, 6.07) is 8.92. The molecule has 0 saturated carbocycles. The average molecular weight is 479 g/mol. The van der Waals surface area contributed by atoms with Gasteiger partial charge < -0.3 is 24.0 Å². The van der Waals surface area contributed by atoms with Gasteiger partial charge in [-0.25, -0.2) is 9.37 Å². The van der Waals surface area contributed by atoms with Crippen molar-refractivity contribution in [3.63, 3.8) is 0 Å². The van der Waals surface area contributed by atoms with Crippen molar-refractivity contribution in [1.82, 2.24) is 23.8 Å². The second-order valence-electron chi connectivity index (χ2n) is 9.27. The van der Waals surface area contributed by atoms with Gasteiger partial charge in [-0.1, -0.05) is 12.1 Å². The van der Waals surface area contributed by atoms with Gasteiger partial charge in [0.25, 0.3) is 5.91 Å². The van der Waals surface area contributed by atoms with E-state index in [1.54, 1.807) is 4.90 Å². The van der Waals surface area contributed by atoms with Crippen LogP contribution in [0.5, 0.6) is 0 Å². The van der Waals surface area contributed by atoms with Crippen molar-refractivity contribution in [2.45, 2.75) is 0 Å². The number of benzene rings is 1. The highest BCUT2D eigenvalue weighted by Gasteiger charge is 2.30. The minimum absolute atomic E-state index is 0.0566. The minimum Gasteiger partial charge on any atom is -0.378 e. The van der Waals surface area contributed by atoms with Crippen LogP contribution >= 0.6 is 0 Å². The summed E-state index contributed by atoms with van der Waals surface area (Å²) in [7, 11) is 3.85. The van der Waals surface area contributed by atoms with Gasteiger partial charge in [0.05, 0.1) is 29.6 Å². The number of aromatic nitrogens is 3. The topological polar surface area (TPSA) is 75.3 Å². The maximum atomic E-state index is 15.3. The lowest BCUT2D eigenvalue weighted by atomic mass is 10.1. The lowest BCUT2D eigenvalue weighted by molar-refractivity contribution is 0.0664. The van der Waals surface area contributed by atoms with Gasteiger partial charge in [0, 0.05) is 46.3 Å². The van der Waals surface area contributed by atoms with Crippen molar-refractivity contribution in [3.8, 4) is 0 Å². The van der Waals surface area contributed by atoms with E-state index in [4.69, 9.17) is 4.74 Å². The number of ether oxygens (including phenoxy) is 1. The van der Waals surface area contributed by atoms with Gasteiger partial charge in [0.1, 0.15) is 11.2 Å². The number of anilines is 1. The molecule has 2 fully saturated rings. The van der Waals surface area contributed by atoms with Crippen LogP contribution in [0.4, 0.5) is 10.2 Å². The Morgan fingerprint density at radius 1 is 1.00 bits per heavy atom. The smallest absolute Gasteiger partial charge is 0.261 e. The molecule has 1 amide bonds. The van der Waals surface area contributed by atoms with Crippen molar-refractivity contribution in [1.29, 1.82) is 0 Å². The first-order valence-electron chi connectivity index (χ1n) is 11.9. The molecule has 2 saturated heterocycles. The lowest BCUT2D eigenvalue weighted by Crippen LogP contribution is -2.48. The van der Waals surface area contributed by atoms with Gasteiger partial charge >= 0.3 is 0 Å². The highest BCUT2D eigenvalue weighted by atomic mass is 19.1. The monoisotopic (exact) mass is 478 g/mol. The van der Waals surface area contributed by atoms with Crippen molar-refractivity contribution in [2.75, 3.05) is 64.4 Å². The van der Waals surface area contributed by atoms with E-state index in [0.29, 0.717) is 50.7 Å². The number of hydrogen-bond acceptors (Lipinski definition) is 6. The van der Waals surface area contributed by atoms with E-state index in [0.717, 1.165) is 24.1 Å². The molecule has 35 heavy (non-hydrogen) atoms. The Kier molecular flexibility index (Phi) is 5.23. The zero-order chi connectivity index (χ0) is 24.3. The van der Waals surface area contributed by atoms with Gasteiger partial charge in [0.15, 0.2) is 17.3 Å². The number of likely N-dealkylation sites (N-methyl/N-ethyl adjacent to an activating group) is 1. The molecule has 0 bridgehead atoms. The number of halogens is 1. The van der Waals surface area contributed by atoms with E-state index in [9.17, 15) is 9.59 Å². The van der Waals surface area contributed by atoms with Gasteiger partial charge in [-0.15, -0.1) is 0 Å². The number of aryl methyl sites for hydroxylation is 1. The van der Waals surface area contributed by atoms with Gasteiger partial charge in [-0.3, -0.25) is 14.0 Å². The van der Waals surface area contributed by atoms with Crippen molar-refractivity contribution < 1.29 is 13.9 Å². The summed E-state index contributed by atoms with van der Waals surface area (Å²) in [5.41, 5.74) is 2.04. The number of carbonyl (C=O) groups excluding carboxylic acids is 1. The molecule has 0 atom stereocenters. The maximum absolute atomic E-state index is 15.3. The lowest BCUT2D eigenvalue weighted by Gasteiger charge is -2.32. The van der Waals surface area contributed by atoms with E-state index in [1.165, 1.54) is 6.07 Å².